The molecule has 166 valence electrons. The van der Waals surface area contributed by atoms with E-state index >= 15 is 0 Å². The second-order valence-electron chi connectivity index (χ2n) is 7.87. The third kappa shape index (κ3) is 5.76. The molecule has 1 atom stereocenters. The Labute approximate surface area is 198 Å². The standard InChI is InChI=1S/C28H26N2O2S/c1-21-14-16-23(17-15-21)27(28(32)29-20-22-9-4-2-5-10-22)30(24-11-6-3-7-12-24)26(31)19-25-13-8-18-33-25/h2-18,27H,19-20H2,1H3,(H,29,32)/t27-/m1/s1. The number of benzene rings is 3. The highest BCUT2D eigenvalue weighted by Crippen LogP contribution is 2.29. The van der Waals surface area contributed by atoms with Crippen molar-refractivity contribution < 1.29 is 9.59 Å². The Morgan fingerprint density at radius 2 is 1.52 bits per heavy atom. The average molecular weight is 455 g/mol. The number of nitrogens with zero attached hydrogens (tertiary/aromatic N) is 1. The molecular formula is C28H26N2O2S. The van der Waals surface area contributed by atoms with Crippen LogP contribution in [0.4, 0.5) is 5.69 Å². The lowest BCUT2D eigenvalue weighted by Gasteiger charge is -2.31. The minimum absolute atomic E-state index is 0.121. The number of carbonyl (C=O) groups excluding carboxylic acids is 2. The number of anilines is 1. The van der Waals surface area contributed by atoms with Crippen molar-refractivity contribution in [3.05, 3.63) is 124 Å². The molecule has 0 aliphatic carbocycles. The quantitative estimate of drug-likeness (QED) is 0.372. The van der Waals surface area contributed by atoms with Crippen LogP contribution in [-0.4, -0.2) is 11.8 Å². The molecular weight excluding hydrogens is 428 g/mol. The highest BCUT2D eigenvalue weighted by Gasteiger charge is 2.32. The summed E-state index contributed by atoms with van der Waals surface area (Å²) >= 11 is 1.54. The maximum absolute atomic E-state index is 13.6. The normalized spacial score (nSPS) is 11.5. The molecule has 0 radical (unpaired) electrons. The monoisotopic (exact) mass is 454 g/mol. The first kappa shape index (κ1) is 22.5. The molecule has 1 N–H and O–H groups in total. The molecule has 4 rings (SSSR count). The van der Waals surface area contributed by atoms with Gasteiger partial charge >= 0.3 is 0 Å². The van der Waals surface area contributed by atoms with Crippen LogP contribution in [0, 0.1) is 6.92 Å². The van der Waals surface area contributed by atoms with E-state index in [4.69, 9.17) is 0 Å². The van der Waals surface area contributed by atoms with Gasteiger partial charge in [-0.05, 0) is 41.6 Å². The molecule has 0 aliphatic rings. The Morgan fingerprint density at radius 1 is 0.848 bits per heavy atom. The number of amides is 2. The molecule has 1 heterocycles. The van der Waals surface area contributed by atoms with Crippen LogP contribution in [0.1, 0.15) is 27.6 Å². The molecule has 1 aromatic heterocycles. The molecule has 4 nitrogen and oxygen atoms in total. The van der Waals surface area contributed by atoms with E-state index in [0.29, 0.717) is 12.2 Å². The number of aryl methyl sites for hydroxylation is 1. The van der Waals surface area contributed by atoms with Crippen molar-refractivity contribution in [2.24, 2.45) is 0 Å². The lowest BCUT2D eigenvalue weighted by Crippen LogP contribution is -2.44. The van der Waals surface area contributed by atoms with E-state index in [1.807, 2.05) is 109 Å². The van der Waals surface area contributed by atoms with Gasteiger partial charge in [0.05, 0.1) is 6.42 Å². The molecule has 3 aromatic carbocycles. The third-order valence-electron chi connectivity index (χ3n) is 5.42. The van der Waals surface area contributed by atoms with Crippen molar-refractivity contribution in [2.75, 3.05) is 4.90 Å². The molecule has 0 spiro atoms. The van der Waals surface area contributed by atoms with Gasteiger partial charge in [0, 0.05) is 17.1 Å². The topological polar surface area (TPSA) is 49.4 Å². The number of hydrogen-bond donors (Lipinski definition) is 1. The third-order valence-corrected chi connectivity index (χ3v) is 6.29. The number of para-hydroxylation sites is 1. The summed E-state index contributed by atoms with van der Waals surface area (Å²) in [6, 6.07) is 30.1. The van der Waals surface area contributed by atoms with Crippen LogP contribution in [0.2, 0.25) is 0 Å². The van der Waals surface area contributed by atoms with E-state index in [9.17, 15) is 9.59 Å². The van der Waals surface area contributed by atoms with Crippen LogP contribution < -0.4 is 10.2 Å². The molecule has 0 unspecified atom stereocenters. The number of hydrogen-bond acceptors (Lipinski definition) is 3. The van der Waals surface area contributed by atoms with Crippen molar-refractivity contribution >= 4 is 28.8 Å². The van der Waals surface area contributed by atoms with Crippen LogP contribution in [0.5, 0.6) is 0 Å². The largest absolute Gasteiger partial charge is 0.350 e. The van der Waals surface area contributed by atoms with Crippen LogP contribution >= 0.6 is 11.3 Å². The van der Waals surface area contributed by atoms with E-state index in [-0.39, 0.29) is 18.2 Å². The maximum Gasteiger partial charge on any atom is 0.248 e. The van der Waals surface area contributed by atoms with E-state index in [1.54, 1.807) is 16.2 Å². The van der Waals surface area contributed by atoms with Gasteiger partial charge in [-0.25, -0.2) is 0 Å². The predicted octanol–water partition coefficient (Wildman–Crippen LogP) is 5.69. The summed E-state index contributed by atoms with van der Waals surface area (Å²) in [4.78, 5) is 29.8. The highest BCUT2D eigenvalue weighted by molar-refractivity contribution is 7.10. The van der Waals surface area contributed by atoms with Crippen LogP contribution in [0.3, 0.4) is 0 Å². The number of carbonyl (C=O) groups is 2. The number of thiophene rings is 1. The zero-order valence-corrected chi connectivity index (χ0v) is 19.3. The molecule has 5 heteroatoms. The molecule has 0 bridgehead atoms. The minimum atomic E-state index is -0.788. The Kier molecular flexibility index (Phi) is 7.33. The first-order valence-corrected chi connectivity index (χ1v) is 11.8. The molecule has 4 aromatic rings. The van der Waals surface area contributed by atoms with Gasteiger partial charge in [0.25, 0.3) is 0 Å². The van der Waals surface area contributed by atoms with Crippen molar-refractivity contribution in [3.8, 4) is 0 Å². The molecule has 2 amide bonds. The Hall–Kier alpha value is -3.70. The lowest BCUT2D eigenvalue weighted by atomic mass is 10.0. The van der Waals surface area contributed by atoms with Gasteiger partial charge in [-0.1, -0.05) is 84.4 Å². The Balaban J connectivity index is 1.71. The Bertz CT molecular complexity index is 1170. The first-order chi connectivity index (χ1) is 16.1. The van der Waals surface area contributed by atoms with Gasteiger partial charge in [0.1, 0.15) is 6.04 Å². The van der Waals surface area contributed by atoms with Gasteiger partial charge < -0.3 is 5.32 Å². The lowest BCUT2D eigenvalue weighted by molar-refractivity contribution is -0.126. The summed E-state index contributed by atoms with van der Waals surface area (Å²) < 4.78 is 0. The highest BCUT2D eigenvalue weighted by atomic mass is 32.1. The summed E-state index contributed by atoms with van der Waals surface area (Å²) in [6.07, 6.45) is 0.237. The second kappa shape index (κ2) is 10.7. The van der Waals surface area contributed by atoms with Crippen LogP contribution in [0.15, 0.2) is 102 Å². The zero-order chi connectivity index (χ0) is 23.0. The van der Waals surface area contributed by atoms with Gasteiger partial charge in [0.2, 0.25) is 11.8 Å². The van der Waals surface area contributed by atoms with Gasteiger partial charge in [-0.15, -0.1) is 11.3 Å². The zero-order valence-electron chi connectivity index (χ0n) is 18.5. The first-order valence-electron chi connectivity index (χ1n) is 10.9. The molecule has 0 saturated heterocycles. The number of nitrogens with one attached hydrogen (secondary N) is 1. The van der Waals surface area contributed by atoms with Crippen molar-refractivity contribution in [2.45, 2.75) is 25.9 Å². The van der Waals surface area contributed by atoms with Crippen molar-refractivity contribution in [1.29, 1.82) is 0 Å². The molecule has 0 saturated carbocycles. The molecule has 0 aliphatic heterocycles. The Morgan fingerprint density at radius 3 is 2.15 bits per heavy atom. The van der Waals surface area contributed by atoms with E-state index in [0.717, 1.165) is 21.6 Å². The summed E-state index contributed by atoms with van der Waals surface area (Å²) in [6.45, 7) is 2.40. The fraction of sp³-hybridized carbons (Fsp3) is 0.143. The minimum Gasteiger partial charge on any atom is -0.350 e. The molecule has 33 heavy (non-hydrogen) atoms. The van der Waals surface area contributed by atoms with E-state index in [1.165, 1.54) is 0 Å². The van der Waals surface area contributed by atoms with Gasteiger partial charge in [0.15, 0.2) is 0 Å². The van der Waals surface area contributed by atoms with Gasteiger partial charge in [-0.3, -0.25) is 14.5 Å². The summed E-state index contributed by atoms with van der Waals surface area (Å²) in [7, 11) is 0. The maximum atomic E-state index is 13.6. The number of rotatable bonds is 8. The molecule has 0 fully saturated rings. The summed E-state index contributed by atoms with van der Waals surface area (Å²) in [5, 5.41) is 5.00. The van der Waals surface area contributed by atoms with E-state index < -0.39 is 6.04 Å². The van der Waals surface area contributed by atoms with Crippen LogP contribution in [0.25, 0.3) is 0 Å². The smallest absolute Gasteiger partial charge is 0.248 e. The van der Waals surface area contributed by atoms with Gasteiger partial charge in [-0.2, -0.15) is 0 Å². The fourth-order valence-corrected chi connectivity index (χ4v) is 4.42. The van der Waals surface area contributed by atoms with Crippen LogP contribution in [-0.2, 0) is 22.6 Å². The average Bonchev–Trinajstić information content (AvgIpc) is 3.36. The fourth-order valence-electron chi connectivity index (χ4n) is 3.72. The summed E-state index contributed by atoms with van der Waals surface area (Å²) in [5.74, 6) is -0.338. The SMILES string of the molecule is Cc1ccc([C@H](C(=O)NCc2ccccc2)N(C(=O)Cc2cccs2)c2ccccc2)cc1. The van der Waals surface area contributed by atoms with Crippen molar-refractivity contribution in [3.63, 3.8) is 0 Å². The predicted molar refractivity (Wildman–Crippen MR) is 134 cm³/mol. The van der Waals surface area contributed by atoms with Crippen molar-refractivity contribution in [1.82, 2.24) is 5.32 Å². The second-order valence-corrected chi connectivity index (χ2v) is 8.90. The summed E-state index contributed by atoms with van der Waals surface area (Å²) in [5.41, 5.74) is 3.57. The van der Waals surface area contributed by atoms with E-state index in [2.05, 4.69) is 5.32 Å².